The molecule has 7 nitrogen and oxygen atoms in total. The van der Waals surface area contributed by atoms with Gasteiger partial charge < -0.3 is 14.4 Å². The predicted molar refractivity (Wildman–Crippen MR) is 86.3 cm³/mol. The molecule has 0 bridgehead atoms. The summed E-state index contributed by atoms with van der Waals surface area (Å²) in [5, 5.41) is 11.6. The summed E-state index contributed by atoms with van der Waals surface area (Å²) in [7, 11) is 1.20. The molecule has 1 saturated heterocycles. The highest BCUT2D eigenvalue weighted by Crippen LogP contribution is 2.36. The summed E-state index contributed by atoms with van der Waals surface area (Å²) in [5.41, 5.74) is 0.206. The molecule has 0 amide bonds. The number of rotatable bonds is 4. The number of carbonyl (C=O) groups excluding carboxylic acids is 1. The van der Waals surface area contributed by atoms with Crippen molar-refractivity contribution in [1.29, 1.82) is 0 Å². The topological polar surface area (TPSA) is 81.9 Å². The molecule has 0 aromatic heterocycles. The van der Waals surface area contributed by atoms with Crippen LogP contribution in [-0.4, -0.2) is 43.3 Å². The number of anilines is 1. The van der Waals surface area contributed by atoms with E-state index >= 15 is 0 Å². The standard InChI is InChI=1S/C15H19ClN2O5/c1-4-10-8-17(7-9(2)23-10)13-6-12(16)11(15(19)22-3)5-14(13)18(20)21/h5-6,9-10H,4,7-8H2,1-3H3. The van der Waals surface area contributed by atoms with Crippen molar-refractivity contribution in [2.45, 2.75) is 32.5 Å². The number of hydrogen-bond donors (Lipinski definition) is 0. The van der Waals surface area contributed by atoms with E-state index in [0.29, 0.717) is 18.8 Å². The molecule has 8 heteroatoms. The Kier molecular flexibility index (Phi) is 5.43. The smallest absolute Gasteiger partial charge is 0.339 e. The number of halogens is 1. The molecule has 1 aliphatic heterocycles. The summed E-state index contributed by atoms with van der Waals surface area (Å²) < 4.78 is 10.4. The lowest BCUT2D eigenvalue weighted by Crippen LogP contribution is -2.46. The van der Waals surface area contributed by atoms with Crippen LogP contribution in [0.1, 0.15) is 30.6 Å². The van der Waals surface area contributed by atoms with Crippen LogP contribution in [0.25, 0.3) is 0 Å². The highest BCUT2D eigenvalue weighted by Gasteiger charge is 2.30. The molecule has 2 atom stereocenters. The first-order valence-corrected chi connectivity index (χ1v) is 7.71. The summed E-state index contributed by atoms with van der Waals surface area (Å²) in [6, 6.07) is 2.63. The molecule has 0 saturated carbocycles. The summed E-state index contributed by atoms with van der Waals surface area (Å²) in [6.07, 6.45) is 0.757. The molecule has 1 heterocycles. The normalized spacial score (nSPS) is 21.1. The van der Waals surface area contributed by atoms with Crippen molar-refractivity contribution in [3.8, 4) is 0 Å². The number of ether oxygens (including phenoxy) is 2. The minimum atomic E-state index is -0.702. The minimum absolute atomic E-state index is 0.00240. The molecule has 2 unspecified atom stereocenters. The van der Waals surface area contributed by atoms with Gasteiger partial charge in [0.1, 0.15) is 5.69 Å². The summed E-state index contributed by atoms with van der Waals surface area (Å²) in [5.74, 6) is -0.702. The van der Waals surface area contributed by atoms with Gasteiger partial charge in [-0.2, -0.15) is 0 Å². The van der Waals surface area contributed by atoms with Crippen LogP contribution < -0.4 is 4.90 Å². The van der Waals surface area contributed by atoms with Gasteiger partial charge in [-0.1, -0.05) is 18.5 Å². The van der Waals surface area contributed by atoms with E-state index in [4.69, 9.17) is 16.3 Å². The second kappa shape index (κ2) is 7.14. The van der Waals surface area contributed by atoms with Gasteiger partial charge >= 0.3 is 5.97 Å². The highest BCUT2D eigenvalue weighted by molar-refractivity contribution is 6.34. The second-order valence-electron chi connectivity index (χ2n) is 5.45. The SMILES string of the molecule is CCC1CN(c2cc(Cl)c(C(=O)OC)cc2[N+](=O)[O-])CC(C)O1. The van der Waals surface area contributed by atoms with Crippen LogP contribution in [0.2, 0.25) is 5.02 Å². The number of esters is 1. The molecule has 1 aromatic carbocycles. The van der Waals surface area contributed by atoms with Crippen molar-refractivity contribution in [3.63, 3.8) is 0 Å². The van der Waals surface area contributed by atoms with Gasteiger partial charge in [-0.05, 0) is 19.4 Å². The van der Waals surface area contributed by atoms with Crippen molar-refractivity contribution in [2.24, 2.45) is 0 Å². The lowest BCUT2D eigenvalue weighted by molar-refractivity contribution is -0.384. The molecular formula is C15H19ClN2O5. The number of methoxy groups -OCH3 is 1. The van der Waals surface area contributed by atoms with Crippen LogP contribution in [0.3, 0.4) is 0 Å². The van der Waals surface area contributed by atoms with Crippen LogP contribution in [0.4, 0.5) is 11.4 Å². The quantitative estimate of drug-likeness (QED) is 0.475. The fourth-order valence-corrected chi connectivity index (χ4v) is 2.92. The summed E-state index contributed by atoms with van der Waals surface area (Å²) >= 11 is 6.12. The van der Waals surface area contributed by atoms with E-state index in [1.807, 2.05) is 18.7 Å². The molecular weight excluding hydrogens is 324 g/mol. The van der Waals surface area contributed by atoms with Crippen molar-refractivity contribution >= 4 is 28.9 Å². The van der Waals surface area contributed by atoms with Gasteiger partial charge in [0.2, 0.25) is 0 Å². The van der Waals surface area contributed by atoms with Gasteiger partial charge in [0, 0.05) is 19.2 Å². The third-order valence-electron chi connectivity index (χ3n) is 3.79. The largest absolute Gasteiger partial charge is 0.465 e. The first kappa shape index (κ1) is 17.5. The molecule has 0 spiro atoms. The molecule has 23 heavy (non-hydrogen) atoms. The molecule has 126 valence electrons. The van der Waals surface area contributed by atoms with Crippen LogP contribution in [0, 0.1) is 10.1 Å². The molecule has 1 aromatic rings. The Morgan fingerprint density at radius 1 is 1.52 bits per heavy atom. The van der Waals surface area contributed by atoms with E-state index in [-0.39, 0.29) is 28.5 Å². The maximum Gasteiger partial charge on any atom is 0.339 e. The van der Waals surface area contributed by atoms with Crippen LogP contribution in [-0.2, 0) is 9.47 Å². The molecule has 2 rings (SSSR count). The Bertz CT molecular complexity index is 622. The molecule has 0 radical (unpaired) electrons. The Balaban J connectivity index is 2.47. The zero-order chi connectivity index (χ0) is 17.1. The first-order chi connectivity index (χ1) is 10.9. The third-order valence-corrected chi connectivity index (χ3v) is 4.10. The monoisotopic (exact) mass is 342 g/mol. The van der Waals surface area contributed by atoms with Crippen LogP contribution >= 0.6 is 11.6 Å². The van der Waals surface area contributed by atoms with Gasteiger partial charge in [-0.3, -0.25) is 10.1 Å². The lowest BCUT2D eigenvalue weighted by Gasteiger charge is -2.37. The van der Waals surface area contributed by atoms with Crippen molar-refractivity contribution in [3.05, 3.63) is 32.8 Å². The highest BCUT2D eigenvalue weighted by atomic mass is 35.5. The number of hydrogen-bond acceptors (Lipinski definition) is 6. The summed E-state index contributed by atoms with van der Waals surface area (Å²) in [4.78, 5) is 24.5. The molecule has 1 aliphatic rings. The van der Waals surface area contributed by atoms with Gasteiger partial charge in [0.15, 0.2) is 0 Å². The zero-order valence-electron chi connectivity index (χ0n) is 13.2. The number of carbonyl (C=O) groups is 1. The summed E-state index contributed by atoms with van der Waals surface area (Å²) in [6.45, 7) is 4.98. The Morgan fingerprint density at radius 3 is 2.78 bits per heavy atom. The maximum absolute atomic E-state index is 11.7. The fraction of sp³-hybridized carbons (Fsp3) is 0.533. The number of benzene rings is 1. The second-order valence-corrected chi connectivity index (χ2v) is 5.86. The first-order valence-electron chi connectivity index (χ1n) is 7.34. The zero-order valence-corrected chi connectivity index (χ0v) is 14.0. The number of morpholine rings is 1. The van der Waals surface area contributed by atoms with Crippen LogP contribution in [0.15, 0.2) is 12.1 Å². The van der Waals surface area contributed by atoms with E-state index in [9.17, 15) is 14.9 Å². The van der Waals surface area contributed by atoms with Crippen LogP contribution in [0.5, 0.6) is 0 Å². The fourth-order valence-electron chi connectivity index (χ4n) is 2.68. The van der Waals surface area contributed by atoms with Gasteiger partial charge in [-0.25, -0.2) is 4.79 Å². The Morgan fingerprint density at radius 2 is 2.22 bits per heavy atom. The molecule has 0 aliphatic carbocycles. The van der Waals surface area contributed by atoms with E-state index in [1.54, 1.807) is 0 Å². The maximum atomic E-state index is 11.7. The minimum Gasteiger partial charge on any atom is -0.465 e. The Hall–Kier alpha value is -1.86. The van der Waals surface area contributed by atoms with Crippen molar-refractivity contribution in [2.75, 3.05) is 25.1 Å². The van der Waals surface area contributed by atoms with Gasteiger partial charge in [0.05, 0.1) is 34.8 Å². The number of nitro benzene ring substituents is 1. The predicted octanol–water partition coefficient (Wildman–Crippen LogP) is 3.04. The van der Waals surface area contributed by atoms with Gasteiger partial charge in [-0.15, -0.1) is 0 Å². The van der Waals surface area contributed by atoms with E-state index in [0.717, 1.165) is 6.42 Å². The van der Waals surface area contributed by atoms with Crippen molar-refractivity contribution in [1.82, 2.24) is 0 Å². The van der Waals surface area contributed by atoms with E-state index in [1.165, 1.54) is 19.2 Å². The van der Waals surface area contributed by atoms with Gasteiger partial charge in [0.25, 0.3) is 5.69 Å². The average molecular weight is 343 g/mol. The lowest BCUT2D eigenvalue weighted by atomic mass is 10.1. The molecule has 0 N–H and O–H groups in total. The van der Waals surface area contributed by atoms with E-state index < -0.39 is 10.9 Å². The number of nitro groups is 1. The van der Waals surface area contributed by atoms with E-state index in [2.05, 4.69) is 4.74 Å². The average Bonchev–Trinajstić information content (AvgIpc) is 2.52. The Labute approximate surface area is 139 Å². The third kappa shape index (κ3) is 3.73. The van der Waals surface area contributed by atoms with Crippen molar-refractivity contribution < 1.29 is 19.2 Å². The number of nitrogens with zero attached hydrogens (tertiary/aromatic N) is 2. The molecule has 1 fully saturated rings.